The topological polar surface area (TPSA) is 71.1 Å². The minimum atomic E-state index is -0.215. The number of benzene rings is 2. The highest BCUT2D eigenvalue weighted by atomic mass is 16.5. The van der Waals surface area contributed by atoms with E-state index in [1.54, 1.807) is 6.92 Å². The zero-order valence-electron chi connectivity index (χ0n) is 18.0. The van der Waals surface area contributed by atoms with E-state index in [2.05, 4.69) is 5.32 Å². The number of hydrogen-bond donors (Lipinski definition) is 1. The van der Waals surface area contributed by atoms with Crippen molar-refractivity contribution in [3.63, 3.8) is 0 Å². The highest BCUT2D eigenvalue weighted by Crippen LogP contribution is 2.22. The summed E-state index contributed by atoms with van der Waals surface area (Å²) >= 11 is 0. The Morgan fingerprint density at radius 2 is 1.47 bits per heavy atom. The molecule has 0 aliphatic rings. The Labute approximate surface area is 178 Å². The van der Waals surface area contributed by atoms with Gasteiger partial charge in [-0.1, -0.05) is 18.2 Å². The molecule has 0 fully saturated rings. The van der Waals surface area contributed by atoms with Crippen LogP contribution in [0.15, 0.2) is 54.6 Å². The Kier molecular flexibility index (Phi) is 9.83. The Balaban J connectivity index is 1.67. The Morgan fingerprint density at radius 3 is 2.10 bits per heavy atom. The average molecular weight is 414 g/mol. The first-order chi connectivity index (χ1) is 14.5. The van der Waals surface area contributed by atoms with Crippen molar-refractivity contribution >= 4 is 17.6 Å². The molecule has 0 aliphatic heterocycles. The maximum atomic E-state index is 12.3. The molecule has 2 aromatic rings. The first kappa shape index (κ1) is 23.4. The zero-order chi connectivity index (χ0) is 21.8. The summed E-state index contributed by atoms with van der Waals surface area (Å²) in [6.45, 7) is 4.28. The maximum absolute atomic E-state index is 12.3. The molecule has 0 atom stereocenters. The van der Waals surface area contributed by atoms with Crippen LogP contribution in [-0.2, 0) is 14.3 Å². The molecule has 0 heterocycles. The number of carbonyl (C=O) groups excluding carboxylic acids is 2. The van der Waals surface area contributed by atoms with E-state index in [9.17, 15) is 9.59 Å². The standard InChI is InChI=1S/C23H31N3O4/c1-4-29-23(28)18-26(3)16-8-15-25(2)17-22(27)24-19-11-13-21(14-12-19)30-20-9-6-5-7-10-20/h5-7,9-14H,4,8,15-18H2,1-3H3,(H,24,27). The van der Waals surface area contributed by atoms with Gasteiger partial charge in [-0.25, -0.2) is 0 Å². The van der Waals surface area contributed by atoms with Crippen molar-refractivity contribution in [3.8, 4) is 11.5 Å². The van der Waals surface area contributed by atoms with E-state index in [4.69, 9.17) is 9.47 Å². The van der Waals surface area contributed by atoms with Gasteiger partial charge in [0, 0.05) is 5.69 Å². The van der Waals surface area contributed by atoms with E-state index in [0.29, 0.717) is 18.9 Å². The molecule has 0 bridgehead atoms. The van der Waals surface area contributed by atoms with Gasteiger partial charge in [0.15, 0.2) is 0 Å². The normalized spacial score (nSPS) is 10.8. The lowest BCUT2D eigenvalue weighted by Crippen LogP contribution is -2.33. The molecule has 0 aromatic heterocycles. The van der Waals surface area contributed by atoms with Crippen molar-refractivity contribution in [3.05, 3.63) is 54.6 Å². The van der Waals surface area contributed by atoms with Crippen LogP contribution >= 0.6 is 0 Å². The van der Waals surface area contributed by atoms with E-state index < -0.39 is 0 Å². The molecule has 0 aliphatic carbocycles. The summed E-state index contributed by atoms with van der Waals surface area (Å²) in [6, 6.07) is 16.8. The monoisotopic (exact) mass is 413 g/mol. The van der Waals surface area contributed by atoms with E-state index in [0.717, 1.165) is 30.9 Å². The van der Waals surface area contributed by atoms with E-state index in [1.807, 2.05) is 78.5 Å². The third kappa shape index (κ3) is 9.07. The second-order valence-corrected chi connectivity index (χ2v) is 7.12. The molecule has 0 unspecified atom stereocenters. The van der Waals surface area contributed by atoms with Crippen molar-refractivity contribution in [1.29, 1.82) is 0 Å². The van der Waals surface area contributed by atoms with Gasteiger partial charge in [0.1, 0.15) is 11.5 Å². The first-order valence-corrected chi connectivity index (χ1v) is 10.1. The molecule has 2 rings (SSSR count). The lowest BCUT2D eigenvalue weighted by atomic mass is 10.3. The van der Waals surface area contributed by atoms with Gasteiger partial charge in [-0.3, -0.25) is 19.4 Å². The summed E-state index contributed by atoms with van der Waals surface area (Å²) in [6.07, 6.45) is 0.852. The summed E-state index contributed by atoms with van der Waals surface area (Å²) in [5, 5.41) is 2.90. The van der Waals surface area contributed by atoms with E-state index >= 15 is 0 Å². The molecular weight excluding hydrogens is 382 g/mol. The highest BCUT2D eigenvalue weighted by Gasteiger charge is 2.10. The third-order valence-electron chi connectivity index (χ3n) is 4.31. The van der Waals surface area contributed by atoms with Crippen molar-refractivity contribution in [1.82, 2.24) is 9.80 Å². The molecule has 0 saturated heterocycles. The molecule has 0 saturated carbocycles. The summed E-state index contributed by atoms with van der Waals surface area (Å²) in [7, 11) is 3.79. The number of amides is 1. The van der Waals surface area contributed by atoms with E-state index in [-0.39, 0.29) is 18.4 Å². The van der Waals surface area contributed by atoms with Crippen LogP contribution < -0.4 is 10.1 Å². The molecular formula is C23H31N3O4. The number of ether oxygens (including phenoxy) is 2. The third-order valence-corrected chi connectivity index (χ3v) is 4.31. The van der Waals surface area contributed by atoms with Crippen LogP contribution in [0, 0.1) is 0 Å². The molecule has 7 nitrogen and oxygen atoms in total. The van der Waals surface area contributed by atoms with Crippen LogP contribution in [0.5, 0.6) is 11.5 Å². The lowest BCUT2D eigenvalue weighted by Gasteiger charge is -2.19. The van der Waals surface area contributed by atoms with Gasteiger partial charge in [-0.05, 0) is 76.9 Å². The Morgan fingerprint density at radius 1 is 0.867 bits per heavy atom. The quantitative estimate of drug-likeness (QED) is 0.539. The van der Waals surface area contributed by atoms with Gasteiger partial charge >= 0.3 is 5.97 Å². The van der Waals surface area contributed by atoms with Gasteiger partial charge in [0.05, 0.1) is 19.7 Å². The number of rotatable bonds is 12. The van der Waals surface area contributed by atoms with Crippen molar-refractivity contribution in [2.24, 2.45) is 0 Å². The van der Waals surface area contributed by atoms with Gasteiger partial charge in [0.2, 0.25) is 5.91 Å². The van der Waals surface area contributed by atoms with Crippen LogP contribution in [0.1, 0.15) is 13.3 Å². The van der Waals surface area contributed by atoms with E-state index in [1.165, 1.54) is 0 Å². The fraction of sp³-hybridized carbons (Fsp3) is 0.391. The number of para-hydroxylation sites is 1. The van der Waals surface area contributed by atoms with Crippen LogP contribution in [0.4, 0.5) is 5.69 Å². The lowest BCUT2D eigenvalue weighted by molar-refractivity contribution is -0.144. The molecule has 162 valence electrons. The Bertz CT molecular complexity index is 781. The molecule has 1 N–H and O–H groups in total. The SMILES string of the molecule is CCOC(=O)CN(C)CCCN(C)CC(=O)Nc1ccc(Oc2ccccc2)cc1. The molecule has 0 spiro atoms. The van der Waals surface area contributed by atoms with Crippen molar-refractivity contribution in [2.45, 2.75) is 13.3 Å². The number of esters is 1. The van der Waals surface area contributed by atoms with Gasteiger partial charge in [-0.15, -0.1) is 0 Å². The van der Waals surface area contributed by atoms with Crippen LogP contribution in [-0.4, -0.2) is 68.6 Å². The van der Waals surface area contributed by atoms with Gasteiger partial charge < -0.3 is 14.8 Å². The maximum Gasteiger partial charge on any atom is 0.320 e. The number of hydrogen-bond acceptors (Lipinski definition) is 6. The van der Waals surface area contributed by atoms with Gasteiger partial charge in [-0.2, -0.15) is 0 Å². The predicted molar refractivity (Wildman–Crippen MR) is 118 cm³/mol. The number of likely N-dealkylation sites (N-methyl/N-ethyl adjacent to an activating group) is 2. The minimum absolute atomic E-state index is 0.0749. The fourth-order valence-electron chi connectivity index (χ4n) is 2.87. The van der Waals surface area contributed by atoms with Crippen LogP contribution in [0.25, 0.3) is 0 Å². The summed E-state index contributed by atoms with van der Waals surface area (Å²) in [5.41, 5.74) is 0.725. The summed E-state index contributed by atoms with van der Waals surface area (Å²) in [4.78, 5) is 27.6. The number of carbonyl (C=O) groups is 2. The first-order valence-electron chi connectivity index (χ1n) is 10.1. The molecule has 30 heavy (non-hydrogen) atoms. The molecule has 0 radical (unpaired) electrons. The fourth-order valence-corrected chi connectivity index (χ4v) is 2.87. The average Bonchev–Trinajstić information content (AvgIpc) is 2.70. The number of anilines is 1. The number of nitrogens with zero attached hydrogens (tertiary/aromatic N) is 2. The van der Waals surface area contributed by atoms with Crippen molar-refractivity contribution in [2.75, 3.05) is 52.2 Å². The largest absolute Gasteiger partial charge is 0.465 e. The van der Waals surface area contributed by atoms with Crippen LogP contribution in [0.3, 0.4) is 0 Å². The van der Waals surface area contributed by atoms with Crippen molar-refractivity contribution < 1.29 is 19.1 Å². The van der Waals surface area contributed by atoms with Gasteiger partial charge in [0.25, 0.3) is 0 Å². The minimum Gasteiger partial charge on any atom is -0.465 e. The van der Waals surface area contributed by atoms with Crippen LogP contribution in [0.2, 0.25) is 0 Å². The smallest absolute Gasteiger partial charge is 0.320 e. The summed E-state index contributed by atoms with van der Waals surface area (Å²) in [5.74, 6) is 1.19. The highest BCUT2D eigenvalue weighted by molar-refractivity contribution is 5.92. The molecule has 7 heteroatoms. The Hall–Kier alpha value is -2.90. The second kappa shape index (κ2) is 12.6. The second-order valence-electron chi connectivity index (χ2n) is 7.12. The zero-order valence-corrected chi connectivity index (χ0v) is 18.0. The molecule has 2 aromatic carbocycles. The number of nitrogens with one attached hydrogen (secondary N) is 1. The predicted octanol–water partition coefficient (Wildman–Crippen LogP) is 3.23. The molecule has 1 amide bonds. The summed E-state index contributed by atoms with van der Waals surface area (Å²) < 4.78 is 10.7.